The van der Waals surface area contributed by atoms with Crippen LogP contribution in [0.4, 0.5) is 0 Å². The number of hydrogen-bond acceptors (Lipinski definition) is 3. The fraction of sp³-hybridized carbons (Fsp3) is 0.308. The highest BCUT2D eigenvalue weighted by Gasteiger charge is 2.25. The van der Waals surface area contributed by atoms with E-state index in [1.165, 1.54) is 0 Å². The second kappa shape index (κ2) is 4.00. The smallest absolute Gasteiger partial charge is 0.153 e. The SMILES string of the molecule is C=C(C)C1Cc2cc(C=O)c(OC)cc2O1. The lowest BCUT2D eigenvalue weighted by Crippen LogP contribution is -2.13. The van der Waals surface area contributed by atoms with Crippen LogP contribution in [0.15, 0.2) is 24.3 Å². The monoisotopic (exact) mass is 218 g/mol. The summed E-state index contributed by atoms with van der Waals surface area (Å²) in [5.41, 5.74) is 2.59. The van der Waals surface area contributed by atoms with Crippen molar-refractivity contribution in [1.82, 2.24) is 0 Å². The maximum Gasteiger partial charge on any atom is 0.153 e. The van der Waals surface area contributed by atoms with E-state index >= 15 is 0 Å². The third-order valence-corrected chi connectivity index (χ3v) is 2.76. The van der Waals surface area contributed by atoms with Gasteiger partial charge in [-0.3, -0.25) is 4.79 Å². The number of carbonyl (C=O) groups excluding carboxylic acids is 1. The van der Waals surface area contributed by atoms with Crippen LogP contribution in [-0.4, -0.2) is 19.5 Å². The molecule has 84 valence electrons. The van der Waals surface area contributed by atoms with Crippen LogP contribution in [0, 0.1) is 0 Å². The summed E-state index contributed by atoms with van der Waals surface area (Å²) in [7, 11) is 1.54. The second-order valence-electron chi connectivity index (χ2n) is 3.98. The molecular weight excluding hydrogens is 204 g/mol. The number of methoxy groups -OCH3 is 1. The average Bonchev–Trinajstić information content (AvgIpc) is 2.69. The zero-order valence-electron chi connectivity index (χ0n) is 9.45. The molecule has 3 heteroatoms. The van der Waals surface area contributed by atoms with Gasteiger partial charge in [0.15, 0.2) is 6.29 Å². The molecule has 1 heterocycles. The number of rotatable bonds is 3. The van der Waals surface area contributed by atoms with Crippen molar-refractivity contribution in [3.8, 4) is 11.5 Å². The Morgan fingerprint density at radius 3 is 2.94 bits per heavy atom. The number of aldehydes is 1. The van der Waals surface area contributed by atoms with Gasteiger partial charge in [-0.05, 0) is 24.1 Å². The Hall–Kier alpha value is -1.77. The molecule has 16 heavy (non-hydrogen) atoms. The van der Waals surface area contributed by atoms with Crippen molar-refractivity contribution in [3.63, 3.8) is 0 Å². The largest absolute Gasteiger partial charge is 0.496 e. The molecule has 1 aromatic carbocycles. The van der Waals surface area contributed by atoms with E-state index in [0.717, 1.165) is 29.6 Å². The fourth-order valence-corrected chi connectivity index (χ4v) is 1.83. The predicted molar refractivity (Wildman–Crippen MR) is 61.3 cm³/mol. The van der Waals surface area contributed by atoms with Gasteiger partial charge in [-0.1, -0.05) is 6.58 Å². The standard InChI is InChI=1S/C13H14O3/c1-8(2)11-5-9-4-10(7-14)12(15-3)6-13(9)16-11/h4,6-7,11H,1,5H2,2-3H3. The Bertz CT molecular complexity index is 449. The van der Waals surface area contributed by atoms with Crippen LogP contribution in [0.2, 0.25) is 0 Å². The zero-order chi connectivity index (χ0) is 11.7. The summed E-state index contributed by atoms with van der Waals surface area (Å²) in [6, 6.07) is 3.59. The van der Waals surface area contributed by atoms with Gasteiger partial charge in [0, 0.05) is 12.5 Å². The molecular formula is C13H14O3. The van der Waals surface area contributed by atoms with E-state index in [1.54, 1.807) is 13.2 Å². The fourth-order valence-electron chi connectivity index (χ4n) is 1.83. The number of ether oxygens (including phenoxy) is 2. The molecule has 3 nitrogen and oxygen atoms in total. The minimum atomic E-state index is 0.0154. The molecule has 0 amide bonds. The van der Waals surface area contributed by atoms with Gasteiger partial charge < -0.3 is 9.47 Å². The van der Waals surface area contributed by atoms with Gasteiger partial charge >= 0.3 is 0 Å². The summed E-state index contributed by atoms with van der Waals surface area (Å²) < 4.78 is 10.8. The predicted octanol–water partition coefficient (Wildman–Crippen LogP) is 2.39. The van der Waals surface area contributed by atoms with Crippen molar-refractivity contribution in [2.75, 3.05) is 7.11 Å². The van der Waals surface area contributed by atoms with Crippen molar-refractivity contribution in [2.24, 2.45) is 0 Å². The van der Waals surface area contributed by atoms with Gasteiger partial charge in [-0.2, -0.15) is 0 Å². The lowest BCUT2D eigenvalue weighted by molar-refractivity contribution is 0.112. The van der Waals surface area contributed by atoms with Crippen molar-refractivity contribution in [1.29, 1.82) is 0 Å². The van der Waals surface area contributed by atoms with Gasteiger partial charge in [-0.15, -0.1) is 0 Å². The Morgan fingerprint density at radius 2 is 2.38 bits per heavy atom. The molecule has 0 fully saturated rings. The molecule has 2 rings (SSSR count). The first-order valence-corrected chi connectivity index (χ1v) is 5.14. The maximum absolute atomic E-state index is 10.9. The van der Waals surface area contributed by atoms with Gasteiger partial charge in [-0.25, -0.2) is 0 Å². The lowest BCUT2D eigenvalue weighted by Gasteiger charge is -2.09. The van der Waals surface area contributed by atoms with Crippen molar-refractivity contribution in [2.45, 2.75) is 19.4 Å². The molecule has 1 aliphatic rings. The van der Waals surface area contributed by atoms with E-state index in [2.05, 4.69) is 6.58 Å². The van der Waals surface area contributed by atoms with Gasteiger partial charge in [0.05, 0.1) is 12.7 Å². The summed E-state index contributed by atoms with van der Waals surface area (Å²) in [5, 5.41) is 0. The van der Waals surface area contributed by atoms with Crippen LogP contribution in [-0.2, 0) is 6.42 Å². The molecule has 0 N–H and O–H groups in total. The Labute approximate surface area is 94.7 Å². The summed E-state index contributed by atoms with van der Waals surface area (Å²) in [6.45, 7) is 5.82. The minimum absolute atomic E-state index is 0.0154. The molecule has 0 aromatic heterocycles. The van der Waals surface area contributed by atoms with Crippen LogP contribution >= 0.6 is 0 Å². The molecule has 0 saturated carbocycles. The first-order chi connectivity index (χ1) is 7.65. The summed E-state index contributed by atoms with van der Waals surface area (Å²) in [4.78, 5) is 10.9. The highest BCUT2D eigenvalue weighted by molar-refractivity contribution is 5.80. The molecule has 0 spiro atoms. The molecule has 1 aromatic rings. The summed E-state index contributed by atoms with van der Waals surface area (Å²) in [6.07, 6.45) is 1.59. The third-order valence-electron chi connectivity index (χ3n) is 2.76. The third kappa shape index (κ3) is 1.69. The topological polar surface area (TPSA) is 35.5 Å². The quantitative estimate of drug-likeness (QED) is 0.577. The molecule has 1 aliphatic heterocycles. The molecule has 1 atom stereocenters. The number of benzene rings is 1. The molecule has 0 saturated heterocycles. The van der Waals surface area contributed by atoms with Gasteiger partial charge in [0.1, 0.15) is 17.6 Å². The van der Waals surface area contributed by atoms with Crippen LogP contribution in [0.25, 0.3) is 0 Å². The molecule has 0 aliphatic carbocycles. The second-order valence-corrected chi connectivity index (χ2v) is 3.98. The lowest BCUT2D eigenvalue weighted by atomic mass is 10.0. The molecule has 1 unspecified atom stereocenters. The Morgan fingerprint density at radius 1 is 1.62 bits per heavy atom. The van der Waals surface area contributed by atoms with Crippen molar-refractivity contribution < 1.29 is 14.3 Å². The Kier molecular flexibility index (Phi) is 2.69. The highest BCUT2D eigenvalue weighted by atomic mass is 16.5. The molecule has 0 bridgehead atoms. The van der Waals surface area contributed by atoms with E-state index in [-0.39, 0.29) is 6.10 Å². The minimum Gasteiger partial charge on any atom is -0.496 e. The first-order valence-electron chi connectivity index (χ1n) is 5.14. The van der Waals surface area contributed by atoms with E-state index in [9.17, 15) is 4.79 Å². The zero-order valence-corrected chi connectivity index (χ0v) is 9.45. The first kappa shape index (κ1) is 10.7. The maximum atomic E-state index is 10.9. The number of fused-ring (bicyclic) bond motifs is 1. The number of carbonyl (C=O) groups is 1. The van der Waals surface area contributed by atoms with E-state index in [1.807, 2.05) is 13.0 Å². The van der Waals surface area contributed by atoms with Gasteiger partial charge in [0.2, 0.25) is 0 Å². The highest BCUT2D eigenvalue weighted by Crippen LogP contribution is 2.36. The van der Waals surface area contributed by atoms with E-state index in [4.69, 9.17) is 9.47 Å². The summed E-state index contributed by atoms with van der Waals surface area (Å²) >= 11 is 0. The van der Waals surface area contributed by atoms with Gasteiger partial charge in [0.25, 0.3) is 0 Å². The van der Waals surface area contributed by atoms with Crippen molar-refractivity contribution in [3.05, 3.63) is 35.4 Å². The van der Waals surface area contributed by atoms with E-state index in [0.29, 0.717) is 11.3 Å². The average molecular weight is 218 g/mol. The Balaban J connectivity index is 2.39. The van der Waals surface area contributed by atoms with E-state index < -0.39 is 0 Å². The number of hydrogen-bond donors (Lipinski definition) is 0. The van der Waals surface area contributed by atoms with Crippen LogP contribution in [0.5, 0.6) is 11.5 Å². The van der Waals surface area contributed by atoms with Crippen molar-refractivity contribution >= 4 is 6.29 Å². The van der Waals surface area contributed by atoms with Crippen LogP contribution < -0.4 is 9.47 Å². The van der Waals surface area contributed by atoms with Crippen LogP contribution in [0.3, 0.4) is 0 Å². The summed E-state index contributed by atoms with van der Waals surface area (Å²) in [5.74, 6) is 1.34. The molecule has 0 radical (unpaired) electrons. The normalized spacial score (nSPS) is 17.5. The van der Waals surface area contributed by atoms with Crippen LogP contribution in [0.1, 0.15) is 22.8 Å².